The van der Waals surface area contributed by atoms with Crippen LogP contribution in [-0.2, 0) is 6.54 Å². The van der Waals surface area contributed by atoms with Crippen LogP contribution in [0.5, 0.6) is 0 Å². The van der Waals surface area contributed by atoms with Gasteiger partial charge in [-0.15, -0.1) is 0 Å². The summed E-state index contributed by atoms with van der Waals surface area (Å²) in [5, 5.41) is 9.90. The molecule has 0 aliphatic carbocycles. The zero-order chi connectivity index (χ0) is 11.8. The molecule has 0 radical (unpaired) electrons. The zero-order valence-electron chi connectivity index (χ0n) is 9.00. The molecule has 17 heavy (non-hydrogen) atoms. The maximum Gasteiger partial charge on any atom is 0.336 e. The summed E-state index contributed by atoms with van der Waals surface area (Å²) < 4.78 is 2.05. The van der Waals surface area contributed by atoms with Crippen LogP contribution in [0.2, 0.25) is 0 Å². The van der Waals surface area contributed by atoms with E-state index in [1.54, 1.807) is 24.5 Å². The molecule has 2 aromatic rings. The molecule has 0 unspecified atom stereocenters. The molecule has 4 nitrogen and oxygen atoms in total. The summed E-state index contributed by atoms with van der Waals surface area (Å²) in [5.74, 6) is -0.899. The molecule has 0 fully saturated rings. The van der Waals surface area contributed by atoms with Crippen molar-refractivity contribution in [3.05, 3.63) is 47.8 Å². The maximum absolute atomic E-state index is 11.1. The molecule has 0 saturated carbocycles. The third kappa shape index (κ3) is 1.45. The van der Waals surface area contributed by atoms with Crippen LogP contribution in [0.4, 0.5) is 0 Å². The normalized spacial score (nSPS) is 13.6. The van der Waals surface area contributed by atoms with Crippen LogP contribution in [0.1, 0.15) is 16.1 Å². The molecule has 1 aliphatic rings. The Morgan fingerprint density at radius 2 is 2.29 bits per heavy atom. The largest absolute Gasteiger partial charge is 0.478 e. The van der Waals surface area contributed by atoms with Gasteiger partial charge in [0.25, 0.3) is 0 Å². The lowest BCUT2D eigenvalue weighted by molar-refractivity contribution is 0.0699. The molecule has 0 amide bonds. The molecule has 0 saturated heterocycles. The van der Waals surface area contributed by atoms with E-state index in [4.69, 9.17) is 5.11 Å². The summed E-state index contributed by atoms with van der Waals surface area (Å²) in [5.41, 5.74) is 2.19. The quantitative estimate of drug-likeness (QED) is 0.811. The van der Waals surface area contributed by atoms with E-state index in [1.807, 2.05) is 18.2 Å². The van der Waals surface area contributed by atoms with Crippen molar-refractivity contribution >= 4 is 23.1 Å². The Labute approximate surface area is 97.5 Å². The second kappa shape index (κ2) is 3.59. The summed E-state index contributed by atoms with van der Waals surface area (Å²) in [7, 11) is 0. The number of nitrogens with zero attached hydrogens (tertiary/aromatic N) is 2. The summed E-state index contributed by atoms with van der Waals surface area (Å²) >= 11 is 0. The molecule has 1 N–H and O–H groups in total. The standard InChI is InChI=1S/C13H10N2O2/c16-13(17)10-3-1-4-12-11(10)7-9-8-14-5-2-6-15(9)12/h1-5,7-8H,6H2,(H,16,17). The Morgan fingerprint density at radius 3 is 3.12 bits per heavy atom. The highest BCUT2D eigenvalue weighted by atomic mass is 16.4. The number of allylic oxidation sites excluding steroid dienone is 1. The van der Waals surface area contributed by atoms with Gasteiger partial charge < -0.3 is 9.67 Å². The number of carbonyl (C=O) groups is 1. The minimum atomic E-state index is -0.899. The second-order valence-corrected chi connectivity index (χ2v) is 3.89. The van der Waals surface area contributed by atoms with Gasteiger partial charge in [-0.25, -0.2) is 4.79 Å². The number of carboxylic acid groups (broad SMARTS) is 1. The van der Waals surface area contributed by atoms with Crippen LogP contribution in [0.15, 0.2) is 41.5 Å². The molecule has 4 heteroatoms. The van der Waals surface area contributed by atoms with Gasteiger partial charge in [0.1, 0.15) is 0 Å². The molecular formula is C13H10N2O2. The first-order valence-electron chi connectivity index (χ1n) is 5.31. The summed E-state index contributed by atoms with van der Waals surface area (Å²) in [6.07, 6.45) is 5.44. The van der Waals surface area contributed by atoms with Crippen molar-refractivity contribution in [3.63, 3.8) is 0 Å². The molecule has 2 heterocycles. The van der Waals surface area contributed by atoms with Crippen LogP contribution >= 0.6 is 0 Å². The number of benzene rings is 1. The van der Waals surface area contributed by atoms with Gasteiger partial charge in [-0.2, -0.15) is 0 Å². The number of aromatic carboxylic acids is 1. The third-order valence-corrected chi connectivity index (χ3v) is 2.89. The van der Waals surface area contributed by atoms with E-state index in [0.717, 1.165) is 16.6 Å². The Balaban J connectivity index is 2.35. The lowest BCUT2D eigenvalue weighted by Gasteiger charge is -2.03. The topological polar surface area (TPSA) is 54.6 Å². The van der Waals surface area contributed by atoms with E-state index in [9.17, 15) is 4.79 Å². The smallest absolute Gasteiger partial charge is 0.336 e. The number of carboxylic acids is 1. The Hall–Kier alpha value is -2.36. The number of hydrogen-bond donors (Lipinski definition) is 1. The average molecular weight is 226 g/mol. The average Bonchev–Trinajstić information content (AvgIpc) is 2.52. The van der Waals surface area contributed by atoms with E-state index >= 15 is 0 Å². The predicted octanol–water partition coefficient (Wildman–Crippen LogP) is 2.29. The Bertz CT molecular complexity index is 665. The highest BCUT2D eigenvalue weighted by Crippen LogP contribution is 2.23. The van der Waals surface area contributed by atoms with E-state index in [0.29, 0.717) is 12.1 Å². The second-order valence-electron chi connectivity index (χ2n) is 3.89. The van der Waals surface area contributed by atoms with E-state index < -0.39 is 5.97 Å². The fourth-order valence-electron chi connectivity index (χ4n) is 2.13. The van der Waals surface area contributed by atoms with Crippen molar-refractivity contribution in [2.45, 2.75) is 6.54 Å². The predicted molar refractivity (Wildman–Crippen MR) is 65.6 cm³/mol. The fraction of sp³-hybridized carbons (Fsp3) is 0.0769. The fourth-order valence-corrected chi connectivity index (χ4v) is 2.13. The highest BCUT2D eigenvalue weighted by molar-refractivity contribution is 6.05. The summed E-state index contributed by atoms with van der Waals surface area (Å²) in [4.78, 5) is 15.2. The van der Waals surface area contributed by atoms with Crippen molar-refractivity contribution < 1.29 is 9.90 Å². The van der Waals surface area contributed by atoms with Gasteiger partial charge in [0.05, 0.1) is 17.5 Å². The van der Waals surface area contributed by atoms with Crippen molar-refractivity contribution in [2.24, 2.45) is 4.99 Å². The Kier molecular flexibility index (Phi) is 2.08. The van der Waals surface area contributed by atoms with Gasteiger partial charge in [0.15, 0.2) is 0 Å². The van der Waals surface area contributed by atoms with E-state index in [-0.39, 0.29) is 0 Å². The highest BCUT2D eigenvalue weighted by Gasteiger charge is 2.14. The molecule has 0 bridgehead atoms. The van der Waals surface area contributed by atoms with Crippen LogP contribution in [0.3, 0.4) is 0 Å². The molecule has 84 valence electrons. The van der Waals surface area contributed by atoms with E-state index in [1.165, 1.54) is 0 Å². The van der Waals surface area contributed by atoms with Gasteiger partial charge in [-0.05, 0) is 24.3 Å². The van der Waals surface area contributed by atoms with Crippen LogP contribution in [-0.4, -0.2) is 21.9 Å². The maximum atomic E-state index is 11.1. The molecular weight excluding hydrogens is 216 g/mol. The lowest BCUT2D eigenvalue weighted by atomic mass is 10.1. The monoisotopic (exact) mass is 226 g/mol. The molecule has 1 aromatic heterocycles. The number of aliphatic imine (C=N–C) groups is 1. The van der Waals surface area contributed by atoms with Gasteiger partial charge in [0.2, 0.25) is 0 Å². The van der Waals surface area contributed by atoms with Crippen LogP contribution in [0, 0.1) is 0 Å². The van der Waals surface area contributed by atoms with Crippen LogP contribution in [0.25, 0.3) is 10.9 Å². The molecule has 0 spiro atoms. The van der Waals surface area contributed by atoms with Crippen molar-refractivity contribution in [1.82, 2.24) is 4.57 Å². The van der Waals surface area contributed by atoms with Crippen molar-refractivity contribution in [2.75, 3.05) is 0 Å². The summed E-state index contributed by atoms with van der Waals surface area (Å²) in [6, 6.07) is 7.19. The van der Waals surface area contributed by atoms with Gasteiger partial charge in [0, 0.05) is 23.6 Å². The zero-order valence-corrected chi connectivity index (χ0v) is 9.00. The Morgan fingerprint density at radius 1 is 1.41 bits per heavy atom. The van der Waals surface area contributed by atoms with Gasteiger partial charge in [-0.1, -0.05) is 6.07 Å². The first-order chi connectivity index (χ1) is 8.27. The van der Waals surface area contributed by atoms with Crippen molar-refractivity contribution in [1.29, 1.82) is 0 Å². The SMILES string of the molecule is O=C(O)c1cccc2c1cc1n2CC=CN=C1. The molecule has 1 aromatic carbocycles. The lowest BCUT2D eigenvalue weighted by Crippen LogP contribution is -1.99. The van der Waals surface area contributed by atoms with Gasteiger partial charge in [-0.3, -0.25) is 4.99 Å². The minimum Gasteiger partial charge on any atom is -0.478 e. The van der Waals surface area contributed by atoms with Gasteiger partial charge >= 0.3 is 5.97 Å². The number of aromatic nitrogens is 1. The van der Waals surface area contributed by atoms with E-state index in [2.05, 4.69) is 9.56 Å². The van der Waals surface area contributed by atoms with Crippen molar-refractivity contribution in [3.8, 4) is 0 Å². The number of hydrogen-bond acceptors (Lipinski definition) is 2. The van der Waals surface area contributed by atoms with Crippen LogP contribution < -0.4 is 0 Å². The molecule has 1 aliphatic heterocycles. The third-order valence-electron chi connectivity index (χ3n) is 2.89. The number of rotatable bonds is 1. The minimum absolute atomic E-state index is 0.334. The summed E-state index contributed by atoms with van der Waals surface area (Å²) in [6.45, 7) is 0.710. The molecule has 3 rings (SSSR count). The first-order valence-corrected chi connectivity index (χ1v) is 5.31. The molecule has 0 atom stereocenters. The number of fused-ring (bicyclic) bond motifs is 3. The first kappa shape index (κ1) is 9.84.